The highest BCUT2D eigenvalue weighted by Crippen LogP contribution is 2.66. The van der Waals surface area contributed by atoms with Crippen LogP contribution in [0, 0.1) is 28.6 Å². The molecule has 26 heavy (non-hydrogen) atoms. The normalized spacial score (nSPS) is 49.0. The number of methoxy groups -OCH3 is 1. The third-order valence-corrected chi connectivity index (χ3v) is 7.90. The molecule has 4 nitrogen and oxygen atoms in total. The molecule has 0 bridgehead atoms. The van der Waals surface area contributed by atoms with Crippen molar-refractivity contribution in [2.45, 2.75) is 58.3 Å². The molecule has 4 rings (SSSR count). The number of hydrogen-bond acceptors (Lipinski definition) is 4. The molecule has 2 saturated carbocycles. The molecule has 0 saturated heterocycles. The van der Waals surface area contributed by atoms with Crippen LogP contribution in [-0.2, 0) is 14.3 Å². The van der Waals surface area contributed by atoms with Gasteiger partial charge in [-0.2, -0.15) is 0 Å². The maximum absolute atomic E-state index is 11.8. The minimum atomic E-state index is -0.808. The highest BCUT2D eigenvalue weighted by atomic mass is 16.7. The monoisotopic (exact) mass is 358 g/mol. The highest BCUT2D eigenvalue weighted by molar-refractivity contribution is 5.66. The Labute approximate surface area is 155 Å². The summed E-state index contributed by atoms with van der Waals surface area (Å²) in [5.41, 5.74) is 1.03. The molecule has 2 fully saturated rings. The fraction of sp³-hybridized carbons (Fsp3) is 0.682. The average Bonchev–Trinajstić information content (AvgIpc) is 2.88. The number of fused-ring (bicyclic) bond motifs is 5. The Morgan fingerprint density at radius 2 is 1.92 bits per heavy atom. The Morgan fingerprint density at radius 3 is 2.62 bits per heavy atom. The Kier molecular flexibility index (Phi) is 4.02. The van der Waals surface area contributed by atoms with Gasteiger partial charge in [-0.25, -0.2) is 0 Å². The van der Waals surface area contributed by atoms with Gasteiger partial charge in [-0.1, -0.05) is 38.2 Å². The SMILES string of the molecule is CO[C@]1(OC(C)=O)CC[C@H]2[C@@H]3C=CC4=CC(O)C=C[C@]4(C)[C@H]3CC[C@@]21C. The highest BCUT2D eigenvalue weighted by Gasteiger charge is 2.66. The molecule has 4 aliphatic carbocycles. The maximum atomic E-state index is 11.8. The lowest BCUT2D eigenvalue weighted by atomic mass is 9.50. The molecule has 0 aliphatic heterocycles. The number of hydrogen-bond donors (Lipinski definition) is 1. The van der Waals surface area contributed by atoms with Crippen molar-refractivity contribution in [1.29, 1.82) is 0 Å². The van der Waals surface area contributed by atoms with Gasteiger partial charge in [0.05, 0.1) is 6.10 Å². The van der Waals surface area contributed by atoms with Crippen LogP contribution in [0.4, 0.5) is 0 Å². The Bertz CT molecular complexity index is 707. The van der Waals surface area contributed by atoms with E-state index in [1.807, 2.05) is 12.2 Å². The second kappa shape index (κ2) is 5.80. The first-order chi connectivity index (χ1) is 12.3. The van der Waals surface area contributed by atoms with Crippen LogP contribution in [0.25, 0.3) is 0 Å². The van der Waals surface area contributed by atoms with E-state index in [2.05, 4.69) is 32.1 Å². The van der Waals surface area contributed by atoms with Crippen molar-refractivity contribution >= 4 is 5.97 Å². The van der Waals surface area contributed by atoms with Crippen molar-refractivity contribution in [2.24, 2.45) is 28.6 Å². The van der Waals surface area contributed by atoms with Crippen molar-refractivity contribution in [2.75, 3.05) is 7.11 Å². The van der Waals surface area contributed by atoms with E-state index >= 15 is 0 Å². The van der Waals surface area contributed by atoms with E-state index in [0.29, 0.717) is 17.8 Å². The number of allylic oxidation sites excluding steroid dienone is 4. The lowest BCUT2D eigenvalue weighted by Crippen LogP contribution is -2.55. The van der Waals surface area contributed by atoms with Gasteiger partial charge in [-0.3, -0.25) is 4.79 Å². The van der Waals surface area contributed by atoms with E-state index in [-0.39, 0.29) is 16.8 Å². The summed E-state index contributed by atoms with van der Waals surface area (Å²) in [5, 5.41) is 9.97. The number of rotatable bonds is 2. The summed E-state index contributed by atoms with van der Waals surface area (Å²) in [4.78, 5) is 11.8. The van der Waals surface area contributed by atoms with Crippen LogP contribution in [0.15, 0.2) is 36.0 Å². The van der Waals surface area contributed by atoms with Crippen LogP contribution in [0.3, 0.4) is 0 Å². The zero-order valence-electron chi connectivity index (χ0n) is 16.2. The summed E-state index contributed by atoms with van der Waals surface area (Å²) in [6, 6.07) is 0. The molecule has 1 unspecified atom stereocenters. The Hall–Kier alpha value is -1.39. The topological polar surface area (TPSA) is 55.8 Å². The van der Waals surface area contributed by atoms with Crippen molar-refractivity contribution in [3.63, 3.8) is 0 Å². The maximum Gasteiger partial charge on any atom is 0.305 e. The first kappa shape index (κ1) is 18.0. The Morgan fingerprint density at radius 1 is 1.19 bits per heavy atom. The van der Waals surface area contributed by atoms with Crippen LogP contribution in [0.2, 0.25) is 0 Å². The minimum Gasteiger partial charge on any atom is -0.433 e. The molecular formula is C22H30O4. The largest absolute Gasteiger partial charge is 0.433 e. The molecule has 4 heteroatoms. The lowest BCUT2D eigenvalue weighted by Gasteiger charge is -2.56. The van der Waals surface area contributed by atoms with E-state index in [9.17, 15) is 9.90 Å². The second-order valence-corrected chi connectivity index (χ2v) is 8.95. The summed E-state index contributed by atoms with van der Waals surface area (Å²) in [6.45, 7) is 6.02. The fourth-order valence-corrected chi connectivity index (χ4v) is 6.50. The molecule has 0 aromatic rings. The lowest BCUT2D eigenvalue weighted by molar-refractivity contribution is -0.273. The third-order valence-electron chi connectivity index (χ3n) is 7.90. The Balaban J connectivity index is 1.72. The molecule has 0 amide bonds. The minimum absolute atomic E-state index is 0.0280. The second-order valence-electron chi connectivity index (χ2n) is 8.95. The number of aliphatic hydroxyl groups is 1. The third kappa shape index (κ3) is 2.24. The summed E-state index contributed by atoms with van der Waals surface area (Å²) in [6.07, 6.45) is 14.0. The van der Waals surface area contributed by atoms with Crippen LogP contribution in [-0.4, -0.2) is 30.1 Å². The summed E-state index contributed by atoms with van der Waals surface area (Å²) in [5.74, 6) is 0.290. The molecule has 0 aromatic carbocycles. The standard InChI is InChI=1S/C22H30O4/c1-14(23)26-22(25-4)12-9-19-17-6-5-15-13-16(24)7-10-20(15,2)18(17)8-11-21(19,22)3/h5-7,10,13,16-19,24H,8-9,11-12H2,1-4H3/t16?,17-,18+,19+,20+,21+,22+/m1/s1. The van der Waals surface area contributed by atoms with Gasteiger partial charge >= 0.3 is 5.97 Å². The number of carbonyl (C=O) groups excluding carboxylic acids is 1. The summed E-state index contributed by atoms with van der Waals surface area (Å²) in [7, 11) is 1.67. The summed E-state index contributed by atoms with van der Waals surface area (Å²) < 4.78 is 11.7. The van der Waals surface area contributed by atoms with Gasteiger partial charge in [0.2, 0.25) is 5.79 Å². The first-order valence-electron chi connectivity index (χ1n) is 9.78. The van der Waals surface area contributed by atoms with E-state index < -0.39 is 11.9 Å². The molecule has 1 N–H and O–H groups in total. The molecule has 0 heterocycles. The number of esters is 1. The average molecular weight is 358 g/mol. The van der Waals surface area contributed by atoms with Gasteiger partial charge < -0.3 is 14.6 Å². The zero-order valence-corrected chi connectivity index (χ0v) is 16.2. The quantitative estimate of drug-likeness (QED) is 0.464. The van der Waals surface area contributed by atoms with Crippen LogP contribution in [0.5, 0.6) is 0 Å². The van der Waals surface area contributed by atoms with Crippen LogP contribution < -0.4 is 0 Å². The number of aliphatic hydroxyl groups excluding tert-OH is 1. The van der Waals surface area contributed by atoms with Gasteiger partial charge in [0.15, 0.2) is 0 Å². The fourth-order valence-electron chi connectivity index (χ4n) is 6.50. The van der Waals surface area contributed by atoms with Crippen molar-refractivity contribution in [3.8, 4) is 0 Å². The van der Waals surface area contributed by atoms with Crippen molar-refractivity contribution < 1.29 is 19.4 Å². The number of ether oxygens (including phenoxy) is 2. The van der Waals surface area contributed by atoms with Gasteiger partial charge in [0.1, 0.15) is 0 Å². The van der Waals surface area contributed by atoms with Crippen molar-refractivity contribution in [1.82, 2.24) is 0 Å². The predicted octanol–water partition coefficient (Wildman–Crippen LogP) is 3.77. The molecular weight excluding hydrogens is 328 g/mol. The van der Waals surface area contributed by atoms with E-state index in [1.165, 1.54) is 12.5 Å². The smallest absolute Gasteiger partial charge is 0.305 e. The van der Waals surface area contributed by atoms with Gasteiger partial charge in [0, 0.05) is 31.3 Å². The van der Waals surface area contributed by atoms with Gasteiger partial charge in [-0.05, 0) is 48.7 Å². The van der Waals surface area contributed by atoms with Gasteiger partial charge in [0.25, 0.3) is 0 Å². The van der Waals surface area contributed by atoms with E-state index in [0.717, 1.165) is 25.7 Å². The zero-order chi connectivity index (χ0) is 18.7. The van der Waals surface area contributed by atoms with E-state index in [4.69, 9.17) is 9.47 Å². The van der Waals surface area contributed by atoms with Crippen molar-refractivity contribution in [3.05, 3.63) is 36.0 Å². The first-order valence-corrected chi connectivity index (χ1v) is 9.78. The molecule has 0 spiro atoms. The molecule has 0 aromatic heterocycles. The number of carbonyl (C=O) groups is 1. The predicted molar refractivity (Wildman–Crippen MR) is 99.0 cm³/mol. The summed E-state index contributed by atoms with van der Waals surface area (Å²) >= 11 is 0. The van der Waals surface area contributed by atoms with Crippen LogP contribution >= 0.6 is 0 Å². The van der Waals surface area contributed by atoms with Gasteiger partial charge in [-0.15, -0.1) is 0 Å². The molecule has 4 aliphatic rings. The van der Waals surface area contributed by atoms with E-state index in [1.54, 1.807) is 7.11 Å². The molecule has 142 valence electrons. The van der Waals surface area contributed by atoms with Crippen LogP contribution in [0.1, 0.15) is 46.5 Å². The molecule has 0 radical (unpaired) electrons. The molecule has 7 atom stereocenters.